The first-order valence-corrected chi connectivity index (χ1v) is 20.4. The highest BCUT2D eigenvalue weighted by atomic mass is 16.3. The number of nitrogens with zero attached hydrogens (tertiary/aromatic N) is 4. The number of para-hydroxylation sites is 2. The van der Waals surface area contributed by atoms with Gasteiger partial charge in [-0.1, -0.05) is 91.9 Å². The van der Waals surface area contributed by atoms with Crippen LogP contribution >= 0.6 is 0 Å². The maximum Gasteiger partial charge on any atom is 0.264 e. The van der Waals surface area contributed by atoms with Crippen molar-refractivity contribution in [2.45, 2.75) is 70.2 Å². The summed E-state index contributed by atoms with van der Waals surface area (Å²) in [7, 11) is 0. The zero-order chi connectivity index (χ0) is 40.8. The summed E-state index contributed by atoms with van der Waals surface area (Å²) >= 11 is 0. The zero-order valence-corrected chi connectivity index (χ0v) is 33.0. The fourth-order valence-electron chi connectivity index (χ4n) is 9.30. The highest BCUT2D eigenvalue weighted by Crippen LogP contribution is 2.49. The molecule has 0 saturated heterocycles. The fourth-order valence-corrected chi connectivity index (χ4v) is 9.30. The Morgan fingerprint density at radius 3 is 2.00 bits per heavy atom. The first-order chi connectivity index (χ1) is 28.6. The molecule has 0 aromatic heterocycles. The molecular weight excluding hydrogens is 741 g/mol. The number of benzene rings is 5. The predicted octanol–water partition coefficient (Wildman–Crippen LogP) is 7.17. The molecule has 0 bridgehead atoms. The Hall–Kier alpha value is -6.36. The standard InChI is InChI=1S/C49H46N4O6/c1-32(10-8-19-45(55)50-30-37-15-3-2-14-36(37)27-40(50)31-54)49(59)41-28-39(53-43-18-7-5-13-35(43)21-25-47(53)57)22-23-44(41)51(48(49)58)29-33-11-9-16-38(26-33)52-42-17-6-4-12-34(42)20-24-46(52)56/h2-18,22-23,26,28,32,40,54,59H,19-21,24-25,27,29-31H2,1H3/b10-8+/t32-,40+,49+/m1/s1. The van der Waals surface area contributed by atoms with E-state index in [4.69, 9.17) is 0 Å². The van der Waals surface area contributed by atoms with E-state index >= 15 is 0 Å². The minimum absolute atomic E-state index is 0.00439. The van der Waals surface area contributed by atoms with Crippen LogP contribution in [0.2, 0.25) is 0 Å². The average molecular weight is 787 g/mol. The summed E-state index contributed by atoms with van der Waals surface area (Å²) in [5, 5.41) is 23.0. The van der Waals surface area contributed by atoms with Gasteiger partial charge in [-0.05, 0) is 89.5 Å². The van der Waals surface area contributed by atoms with Gasteiger partial charge in [0.25, 0.3) is 5.91 Å². The number of aliphatic hydroxyl groups excluding tert-OH is 1. The number of rotatable bonds is 9. The summed E-state index contributed by atoms with van der Waals surface area (Å²) < 4.78 is 0. The number of anilines is 5. The van der Waals surface area contributed by atoms with Crippen LogP contribution in [0.25, 0.3) is 0 Å². The molecule has 2 N–H and O–H groups in total. The zero-order valence-electron chi connectivity index (χ0n) is 33.0. The molecule has 0 aliphatic carbocycles. The van der Waals surface area contributed by atoms with E-state index in [0.29, 0.717) is 61.3 Å². The van der Waals surface area contributed by atoms with E-state index in [9.17, 15) is 29.4 Å². The number of amides is 4. The topological polar surface area (TPSA) is 122 Å². The van der Waals surface area contributed by atoms with Crippen LogP contribution in [0, 0.1) is 5.92 Å². The summed E-state index contributed by atoms with van der Waals surface area (Å²) in [4.78, 5) is 62.0. The molecule has 0 fully saturated rings. The molecule has 5 aromatic carbocycles. The van der Waals surface area contributed by atoms with E-state index in [0.717, 1.165) is 39.2 Å². The van der Waals surface area contributed by atoms with E-state index in [2.05, 4.69) is 0 Å². The normalized spacial score (nSPS) is 20.4. The van der Waals surface area contributed by atoms with Crippen molar-refractivity contribution < 1.29 is 29.4 Å². The van der Waals surface area contributed by atoms with Gasteiger partial charge in [0.05, 0.1) is 36.3 Å². The highest BCUT2D eigenvalue weighted by Gasteiger charge is 2.53. The quantitative estimate of drug-likeness (QED) is 0.153. The van der Waals surface area contributed by atoms with Crippen LogP contribution in [0.15, 0.2) is 127 Å². The van der Waals surface area contributed by atoms with Crippen molar-refractivity contribution in [1.29, 1.82) is 0 Å². The van der Waals surface area contributed by atoms with Gasteiger partial charge in [0, 0.05) is 48.7 Å². The molecule has 10 nitrogen and oxygen atoms in total. The van der Waals surface area contributed by atoms with Crippen molar-refractivity contribution in [3.63, 3.8) is 0 Å². The second kappa shape index (κ2) is 15.4. The lowest BCUT2D eigenvalue weighted by atomic mass is 9.82. The predicted molar refractivity (Wildman–Crippen MR) is 226 cm³/mol. The minimum Gasteiger partial charge on any atom is -0.394 e. The van der Waals surface area contributed by atoms with Crippen LogP contribution in [0.5, 0.6) is 0 Å². The van der Waals surface area contributed by atoms with Crippen LogP contribution in [-0.4, -0.2) is 51.4 Å². The van der Waals surface area contributed by atoms with Gasteiger partial charge in [-0.3, -0.25) is 29.0 Å². The van der Waals surface area contributed by atoms with E-state index in [1.165, 1.54) is 0 Å². The SMILES string of the molecule is C[C@H](/C=C/CC(=O)N1Cc2ccccc2C[C@H]1CO)[C@@]1(O)C(=O)N(Cc2cccc(N3C(=O)CCc4ccccc43)c2)c2ccc(N3C(=O)CCc4ccccc43)cc21. The van der Waals surface area contributed by atoms with Crippen LogP contribution < -0.4 is 14.7 Å². The van der Waals surface area contributed by atoms with Crippen molar-refractivity contribution in [2.75, 3.05) is 21.3 Å². The summed E-state index contributed by atoms with van der Waals surface area (Å²) in [5.41, 5.74) is 6.76. The van der Waals surface area contributed by atoms with Gasteiger partial charge in [-0.2, -0.15) is 0 Å². The first-order valence-electron chi connectivity index (χ1n) is 20.4. The van der Waals surface area contributed by atoms with E-state index in [1.807, 2.05) is 103 Å². The number of aryl methyl sites for hydroxylation is 2. The molecule has 0 spiro atoms. The van der Waals surface area contributed by atoms with Crippen molar-refractivity contribution in [1.82, 2.24) is 4.90 Å². The van der Waals surface area contributed by atoms with Crippen molar-refractivity contribution in [2.24, 2.45) is 5.92 Å². The molecule has 0 saturated carbocycles. The molecule has 3 atom stereocenters. The maximum atomic E-state index is 14.8. The van der Waals surface area contributed by atoms with Crippen LogP contribution in [-0.2, 0) is 57.1 Å². The van der Waals surface area contributed by atoms with Gasteiger partial charge in [0.15, 0.2) is 5.60 Å². The number of hydrogen-bond donors (Lipinski definition) is 2. The maximum absolute atomic E-state index is 14.8. The molecular formula is C49H46N4O6. The van der Waals surface area contributed by atoms with E-state index in [-0.39, 0.29) is 43.3 Å². The van der Waals surface area contributed by atoms with Crippen LogP contribution in [0.3, 0.4) is 0 Å². The van der Waals surface area contributed by atoms with E-state index in [1.54, 1.807) is 50.8 Å². The van der Waals surface area contributed by atoms with Crippen molar-refractivity contribution in [3.05, 3.63) is 161 Å². The average Bonchev–Trinajstić information content (AvgIpc) is 3.47. The molecule has 59 heavy (non-hydrogen) atoms. The monoisotopic (exact) mass is 786 g/mol. The molecule has 0 unspecified atom stereocenters. The third-order valence-corrected chi connectivity index (χ3v) is 12.5. The number of carbonyl (C=O) groups is 4. The van der Waals surface area contributed by atoms with Gasteiger partial charge in [-0.15, -0.1) is 0 Å². The highest BCUT2D eigenvalue weighted by molar-refractivity contribution is 6.09. The molecule has 4 amide bonds. The van der Waals surface area contributed by atoms with E-state index < -0.39 is 17.4 Å². The Bertz CT molecular complexity index is 2530. The molecule has 0 radical (unpaired) electrons. The molecule has 298 valence electrons. The second-order valence-corrected chi connectivity index (χ2v) is 16.0. The smallest absolute Gasteiger partial charge is 0.264 e. The number of hydrogen-bond acceptors (Lipinski definition) is 6. The van der Waals surface area contributed by atoms with Crippen molar-refractivity contribution in [3.8, 4) is 0 Å². The largest absolute Gasteiger partial charge is 0.394 e. The third-order valence-electron chi connectivity index (χ3n) is 12.5. The second-order valence-electron chi connectivity index (χ2n) is 16.0. The summed E-state index contributed by atoms with van der Waals surface area (Å²) in [6.45, 7) is 2.12. The molecule has 10 heteroatoms. The first kappa shape index (κ1) is 38.2. The van der Waals surface area contributed by atoms with Gasteiger partial charge in [0.1, 0.15) is 0 Å². The Labute approximate surface area is 343 Å². The fraction of sp³-hybridized carbons (Fsp3) is 0.265. The lowest BCUT2D eigenvalue weighted by molar-refractivity contribution is -0.139. The van der Waals surface area contributed by atoms with Crippen molar-refractivity contribution >= 4 is 52.1 Å². The molecule has 4 aliphatic heterocycles. The van der Waals surface area contributed by atoms with Gasteiger partial charge >= 0.3 is 0 Å². The van der Waals surface area contributed by atoms with Crippen LogP contribution in [0.1, 0.15) is 59.6 Å². The van der Waals surface area contributed by atoms with Gasteiger partial charge in [0.2, 0.25) is 17.7 Å². The molecule has 5 aromatic rings. The number of aliphatic hydroxyl groups is 2. The Kier molecular flexibility index (Phi) is 9.98. The number of carbonyl (C=O) groups excluding carboxylic acids is 4. The third kappa shape index (κ3) is 6.72. The minimum atomic E-state index is -2.04. The lowest BCUT2D eigenvalue weighted by Crippen LogP contribution is -2.46. The van der Waals surface area contributed by atoms with Gasteiger partial charge in [-0.25, -0.2) is 0 Å². The van der Waals surface area contributed by atoms with Gasteiger partial charge < -0.3 is 20.0 Å². The Balaban J connectivity index is 1.04. The Morgan fingerprint density at radius 2 is 1.34 bits per heavy atom. The number of fused-ring (bicyclic) bond motifs is 4. The summed E-state index contributed by atoms with van der Waals surface area (Å²) in [6, 6.07) is 36.2. The summed E-state index contributed by atoms with van der Waals surface area (Å²) in [5.74, 6) is -1.55. The molecule has 4 heterocycles. The lowest BCUT2D eigenvalue weighted by Gasteiger charge is -2.36. The summed E-state index contributed by atoms with van der Waals surface area (Å²) in [6.07, 6.45) is 6.02. The molecule has 9 rings (SSSR count). The Morgan fingerprint density at radius 1 is 0.729 bits per heavy atom. The molecule has 4 aliphatic rings. The van der Waals surface area contributed by atoms with Crippen LogP contribution in [0.4, 0.5) is 28.4 Å².